The van der Waals surface area contributed by atoms with Crippen LogP contribution in [0.5, 0.6) is 0 Å². The SMILES string of the molecule is CCCCC(O)CCc1ccc2c(c1)Cc1cc([N+](=O)[O-])ccc1-2. The van der Waals surface area contributed by atoms with Gasteiger partial charge in [0.25, 0.3) is 5.69 Å². The first-order valence-electron chi connectivity index (χ1n) is 8.66. The first-order chi connectivity index (χ1) is 11.6. The number of fused-ring (bicyclic) bond motifs is 3. The summed E-state index contributed by atoms with van der Waals surface area (Å²) in [6, 6.07) is 11.5. The molecule has 0 heterocycles. The summed E-state index contributed by atoms with van der Waals surface area (Å²) in [5, 5.41) is 20.9. The van der Waals surface area contributed by atoms with Crippen LogP contribution in [0.15, 0.2) is 36.4 Å². The molecule has 0 aromatic heterocycles. The van der Waals surface area contributed by atoms with Gasteiger partial charge in [-0.1, -0.05) is 38.0 Å². The van der Waals surface area contributed by atoms with Crippen molar-refractivity contribution >= 4 is 5.69 Å². The first-order valence-corrected chi connectivity index (χ1v) is 8.66. The molecule has 0 amide bonds. The van der Waals surface area contributed by atoms with Gasteiger partial charge in [-0.05, 0) is 59.6 Å². The van der Waals surface area contributed by atoms with E-state index in [0.717, 1.165) is 49.7 Å². The minimum Gasteiger partial charge on any atom is -0.393 e. The number of nitro benzene ring substituents is 1. The summed E-state index contributed by atoms with van der Waals surface area (Å²) in [6.07, 6.45) is 5.24. The highest BCUT2D eigenvalue weighted by Gasteiger charge is 2.21. The van der Waals surface area contributed by atoms with Crippen LogP contribution in [-0.2, 0) is 12.8 Å². The van der Waals surface area contributed by atoms with Gasteiger partial charge >= 0.3 is 0 Å². The van der Waals surface area contributed by atoms with Crippen LogP contribution in [-0.4, -0.2) is 16.1 Å². The van der Waals surface area contributed by atoms with Gasteiger partial charge in [0, 0.05) is 12.1 Å². The fourth-order valence-electron chi connectivity index (χ4n) is 3.44. The highest BCUT2D eigenvalue weighted by atomic mass is 16.6. The number of benzene rings is 2. The average Bonchev–Trinajstić information content (AvgIpc) is 2.94. The Kier molecular flexibility index (Phi) is 4.95. The number of aliphatic hydroxyl groups excluding tert-OH is 1. The molecule has 1 aliphatic carbocycles. The Morgan fingerprint density at radius 1 is 1.12 bits per heavy atom. The molecule has 3 rings (SSSR count). The number of rotatable bonds is 7. The fourth-order valence-corrected chi connectivity index (χ4v) is 3.44. The van der Waals surface area contributed by atoms with Crippen molar-refractivity contribution in [1.82, 2.24) is 0 Å². The van der Waals surface area contributed by atoms with Crippen LogP contribution in [0.1, 0.15) is 49.3 Å². The Balaban J connectivity index is 1.71. The highest BCUT2D eigenvalue weighted by Crippen LogP contribution is 2.38. The fraction of sp³-hybridized carbons (Fsp3) is 0.400. The van der Waals surface area contributed by atoms with E-state index in [2.05, 4.69) is 25.1 Å². The number of aliphatic hydroxyl groups is 1. The lowest BCUT2D eigenvalue weighted by Crippen LogP contribution is -2.07. The normalized spacial score (nSPS) is 13.4. The molecule has 2 aromatic rings. The smallest absolute Gasteiger partial charge is 0.269 e. The van der Waals surface area contributed by atoms with Crippen molar-refractivity contribution < 1.29 is 10.0 Å². The number of unbranched alkanes of at least 4 members (excludes halogenated alkanes) is 1. The maximum Gasteiger partial charge on any atom is 0.269 e. The van der Waals surface area contributed by atoms with Gasteiger partial charge in [-0.3, -0.25) is 10.1 Å². The van der Waals surface area contributed by atoms with Crippen LogP contribution >= 0.6 is 0 Å². The predicted octanol–water partition coefficient (Wildman–Crippen LogP) is 4.65. The second-order valence-corrected chi connectivity index (χ2v) is 6.60. The molecular weight excluding hydrogens is 302 g/mol. The molecule has 0 saturated carbocycles. The monoisotopic (exact) mass is 325 g/mol. The van der Waals surface area contributed by atoms with Gasteiger partial charge in [0.1, 0.15) is 0 Å². The number of aryl methyl sites for hydroxylation is 1. The molecule has 1 N–H and O–H groups in total. The highest BCUT2D eigenvalue weighted by molar-refractivity contribution is 5.78. The first kappa shape index (κ1) is 16.7. The van der Waals surface area contributed by atoms with Crippen molar-refractivity contribution in [3.05, 3.63) is 63.2 Å². The zero-order valence-electron chi connectivity index (χ0n) is 14.0. The van der Waals surface area contributed by atoms with Crippen LogP contribution < -0.4 is 0 Å². The van der Waals surface area contributed by atoms with E-state index >= 15 is 0 Å². The van der Waals surface area contributed by atoms with Gasteiger partial charge in [0.05, 0.1) is 11.0 Å². The standard InChI is InChI=1S/C20H23NO3/c1-2-3-4-18(22)8-5-14-6-9-19-15(11-14)12-16-13-17(21(23)24)7-10-20(16)19/h6-7,9-11,13,18,22H,2-5,8,12H2,1H3. The Bertz CT molecular complexity index is 755. The molecule has 1 unspecified atom stereocenters. The van der Waals surface area contributed by atoms with E-state index in [4.69, 9.17) is 0 Å². The van der Waals surface area contributed by atoms with Gasteiger partial charge in [0.2, 0.25) is 0 Å². The van der Waals surface area contributed by atoms with Gasteiger partial charge < -0.3 is 5.11 Å². The second kappa shape index (κ2) is 7.14. The predicted molar refractivity (Wildman–Crippen MR) is 95.2 cm³/mol. The maximum atomic E-state index is 10.9. The van der Waals surface area contributed by atoms with Gasteiger partial charge in [0.15, 0.2) is 0 Å². The van der Waals surface area contributed by atoms with Crippen LogP contribution in [0, 0.1) is 10.1 Å². The summed E-state index contributed by atoms with van der Waals surface area (Å²) in [4.78, 5) is 10.6. The van der Waals surface area contributed by atoms with Crippen molar-refractivity contribution in [2.75, 3.05) is 0 Å². The van der Waals surface area contributed by atoms with Crippen molar-refractivity contribution in [1.29, 1.82) is 0 Å². The zero-order chi connectivity index (χ0) is 17.1. The van der Waals surface area contributed by atoms with E-state index in [9.17, 15) is 15.2 Å². The molecule has 0 radical (unpaired) electrons. The topological polar surface area (TPSA) is 63.4 Å². The molecule has 4 nitrogen and oxygen atoms in total. The molecule has 0 aliphatic heterocycles. The number of non-ortho nitro benzene ring substituents is 1. The Morgan fingerprint density at radius 3 is 2.54 bits per heavy atom. The van der Waals surface area contributed by atoms with Gasteiger partial charge in [-0.15, -0.1) is 0 Å². The number of nitro groups is 1. The van der Waals surface area contributed by atoms with Crippen molar-refractivity contribution in [2.45, 2.75) is 51.6 Å². The van der Waals surface area contributed by atoms with E-state index in [1.807, 2.05) is 6.07 Å². The number of nitrogens with zero attached hydrogens (tertiary/aromatic N) is 1. The van der Waals surface area contributed by atoms with E-state index in [1.165, 1.54) is 16.7 Å². The Labute approximate surface area is 142 Å². The molecule has 1 aliphatic rings. The molecule has 0 bridgehead atoms. The van der Waals surface area contributed by atoms with Crippen molar-refractivity contribution in [3.63, 3.8) is 0 Å². The van der Waals surface area contributed by atoms with Crippen LogP contribution in [0.3, 0.4) is 0 Å². The lowest BCUT2D eigenvalue weighted by Gasteiger charge is -2.10. The minimum absolute atomic E-state index is 0.154. The lowest BCUT2D eigenvalue weighted by atomic mass is 9.99. The number of hydrogen-bond acceptors (Lipinski definition) is 3. The maximum absolute atomic E-state index is 10.9. The summed E-state index contributed by atoms with van der Waals surface area (Å²) in [7, 11) is 0. The summed E-state index contributed by atoms with van der Waals surface area (Å²) >= 11 is 0. The summed E-state index contributed by atoms with van der Waals surface area (Å²) in [5.41, 5.74) is 5.91. The van der Waals surface area contributed by atoms with Crippen LogP contribution in [0.2, 0.25) is 0 Å². The second-order valence-electron chi connectivity index (χ2n) is 6.60. The quantitative estimate of drug-likeness (QED) is 0.508. The molecule has 126 valence electrons. The molecule has 4 heteroatoms. The van der Waals surface area contributed by atoms with E-state index in [-0.39, 0.29) is 16.7 Å². The third kappa shape index (κ3) is 3.49. The molecule has 0 saturated heterocycles. The third-order valence-electron chi connectivity index (χ3n) is 4.80. The minimum atomic E-state index is -0.341. The molecular formula is C20H23NO3. The molecule has 0 fully saturated rings. The molecule has 24 heavy (non-hydrogen) atoms. The lowest BCUT2D eigenvalue weighted by molar-refractivity contribution is -0.384. The Morgan fingerprint density at radius 2 is 1.83 bits per heavy atom. The van der Waals surface area contributed by atoms with E-state index in [1.54, 1.807) is 12.1 Å². The van der Waals surface area contributed by atoms with Gasteiger partial charge in [-0.25, -0.2) is 0 Å². The molecule has 0 spiro atoms. The van der Waals surface area contributed by atoms with Crippen molar-refractivity contribution in [2.24, 2.45) is 0 Å². The van der Waals surface area contributed by atoms with Crippen LogP contribution in [0.25, 0.3) is 11.1 Å². The largest absolute Gasteiger partial charge is 0.393 e. The van der Waals surface area contributed by atoms with Crippen LogP contribution in [0.4, 0.5) is 5.69 Å². The third-order valence-corrected chi connectivity index (χ3v) is 4.80. The number of hydrogen-bond donors (Lipinski definition) is 1. The van der Waals surface area contributed by atoms with E-state index in [0.29, 0.717) is 0 Å². The Hall–Kier alpha value is -2.20. The summed E-state index contributed by atoms with van der Waals surface area (Å²) in [5.74, 6) is 0. The van der Waals surface area contributed by atoms with E-state index < -0.39 is 0 Å². The summed E-state index contributed by atoms with van der Waals surface area (Å²) in [6.45, 7) is 2.13. The summed E-state index contributed by atoms with van der Waals surface area (Å²) < 4.78 is 0. The molecule has 1 atom stereocenters. The molecule has 2 aromatic carbocycles. The van der Waals surface area contributed by atoms with Gasteiger partial charge in [-0.2, -0.15) is 0 Å². The van der Waals surface area contributed by atoms with Crippen molar-refractivity contribution in [3.8, 4) is 11.1 Å². The zero-order valence-corrected chi connectivity index (χ0v) is 14.0. The average molecular weight is 325 g/mol.